The Morgan fingerprint density at radius 1 is 1.19 bits per heavy atom. The first-order valence-corrected chi connectivity index (χ1v) is 8.99. The van der Waals surface area contributed by atoms with E-state index in [4.69, 9.17) is 9.15 Å². The molecule has 26 heavy (non-hydrogen) atoms. The van der Waals surface area contributed by atoms with Gasteiger partial charge in [0.05, 0.1) is 19.3 Å². The quantitative estimate of drug-likeness (QED) is 0.864. The number of benzene rings is 1. The molecule has 1 aliphatic heterocycles. The van der Waals surface area contributed by atoms with E-state index < -0.39 is 0 Å². The average Bonchev–Trinajstić information content (AvgIpc) is 3.19. The van der Waals surface area contributed by atoms with Crippen molar-refractivity contribution in [1.82, 2.24) is 10.2 Å². The smallest absolute Gasteiger partial charge is 0.287 e. The van der Waals surface area contributed by atoms with Gasteiger partial charge in [0, 0.05) is 19.1 Å². The van der Waals surface area contributed by atoms with Crippen molar-refractivity contribution in [2.45, 2.75) is 32.2 Å². The number of carbonyl (C=O) groups is 2. The van der Waals surface area contributed by atoms with Crippen LogP contribution < -0.4 is 10.1 Å². The summed E-state index contributed by atoms with van der Waals surface area (Å²) >= 11 is 0. The second-order valence-corrected chi connectivity index (χ2v) is 6.36. The minimum atomic E-state index is -0.200. The molecule has 6 nitrogen and oxygen atoms in total. The van der Waals surface area contributed by atoms with E-state index in [0.29, 0.717) is 31.9 Å². The molecule has 0 atom stereocenters. The SMILES string of the molecule is CCOc1ccc(CC(=O)N2CCC(NC(=O)c3ccco3)CC2)cc1. The molecule has 1 N–H and O–H groups in total. The zero-order chi connectivity index (χ0) is 18.4. The number of carbonyl (C=O) groups excluding carboxylic acids is 2. The summed E-state index contributed by atoms with van der Waals surface area (Å²) in [6, 6.07) is 11.0. The lowest BCUT2D eigenvalue weighted by Gasteiger charge is -2.32. The number of rotatable bonds is 6. The summed E-state index contributed by atoms with van der Waals surface area (Å²) in [5, 5.41) is 2.96. The molecular weight excluding hydrogens is 332 g/mol. The van der Waals surface area contributed by atoms with Gasteiger partial charge >= 0.3 is 0 Å². The van der Waals surface area contributed by atoms with Gasteiger partial charge in [0.2, 0.25) is 5.91 Å². The highest BCUT2D eigenvalue weighted by Crippen LogP contribution is 2.16. The van der Waals surface area contributed by atoms with Gasteiger partial charge in [-0.1, -0.05) is 12.1 Å². The largest absolute Gasteiger partial charge is 0.494 e. The Hall–Kier alpha value is -2.76. The van der Waals surface area contributed by atoms with E-state index in [1.165, 1.54) is 6.26 Å². The van der Waals surface area contributed by atoms with Crippen molar-refractivity contribution in [1.29, 1.82) is 0 Å². The number of piperidine rings is 1. The molecule has 6 heteroatoms. The van der Waals surface area contributed by atoms with Crippen molar-refractivity contribution < 1.29 is 18.7 Å². The lowest BCUT2D eigenvalue weighted by atomic mass is 10.0. The fourth-order valence-electron chi connectivity index (χ4n) is 3.09. The summed E-state index contributed by atoms with van der Waals surface area (Å²) in [4.78, 5) is 26.4. The van der Waals surface area contributed by atoms with E-state index in [1.807, 2.05) is 36.1 Å². The Kier molecular flexibility index (Phi) is 5.94. The van der Waals surface area contributed by atoms with Crippen LogP contribution in [0.1, 0.15) is 35.9 Å². The Bertz CT molecular complexity index is 717. The van der Waals surface area contributed by atoms with E-state index in [1.54, 1.807) is 12.1 Å². The molecule has 0 unspecified atom stereocenters. The van der Waals surface area contributed by atoms with Crippen molar-refractivity contribution in [2.24, 2.45) is 0 Å². The van der Waals surface area contributed by atoms with Crippen LogP contribution in [0.5, 0.6) is 5.75 Å². The number of hydrogen-bond acceptors (Lipinski definition) is 4. The maximum atomic E-state index is 12.5. The third-order valence-corrected chi connectivity index (χ3v) is 4.52. The molecule has 0 radical (unpaired) electrons. The topological polar surface area (TPSA) is 71.8 Å². The highest BCUT2D eigenvalue weighted by Gasteiger charge is 2.24. The summed E-state index contributed by atoms with van der Waals surface area (Å²) in [5.74, 6) is 1.05. The number of furan rings is 1. The highest BCUT2D eigenvalue weighted by atomic mass is 16.5. The molecule has 0 aliphatic carbocycles. The first-order valence-electron chi connectivity index (χ1n) is 8.99. The normalized spacial score (nSPS) is 14.9. The van der Waals surface area contributed by atoms with Gasteiger partial charge in [-0.25, -0.2) is 0 Å². The van der Waals surface area contributed by atoms with Gasteiger partial charge < -0.3 is 19.4 Å². The first-order chi connectivity index (χ1) is 12.7. The number of nitrogens with one attached hydrogen (secondary N) is 1. The van der Waals surface area contributed by atoms with Crippen LogP contribution in [-0.4, -0.2) is 42.5 Å². The molecule has 1 aromatic heterocycles. The van der Waals surface area contributed by atoms with Gasteiger partial charge in [-0.15, -0.1) is 0 Å². The van der Waals surface area contributed by atoms with Crippen molar-refractivity contribution in [3.05, 3.63) is 54.0 Å². The van der Waals surface area contributed by atoms with Gasteiger partial charge in [-0.3, -0.25) is 9.59 Å². The molecule has 2 aromatic rings. The predicted molar refractivity (Wildman–Crippen MR) is 97.1 cm³/mol. The van der Waals surface area contributed by atoms with E-state index in [-0.39, 0.29) is 17.9 Å². The molecule has 1 fully saturated rings. The van der Waals surface area contributed by atoms with Gasteiger partial charge in [0.15, 0.2) is 5.76 Å². The van der Waals surface area contributed by atoms with Crippen LogP contribution in [-0.2, 0) is 11.2 Å². The minimum absolute atomic E-state index is 0.0714. The summed E-state index contributed by atoms with van der Waals surface area (Å²) in [6.07, 6.45) is 3.37. The number of likely N-dealkylation sites (tertiary alicyclic amines) is 1. The van der Waals surface area contributed by atoms with Crippen molar-refractivity contribution in [3.8, 4) is 5.75 Å². The Morgan fingerprint density at radius 3 is 2.54 bits per heavy atom. The van der Waals surface area contributed by atoms with Gasteiger partial charge in [0.25, 0.3) is 5.91 Å². The average molecular weight is 356 g/mol. The maximum Gasteiger partial charge on any atom is 0.287 e. The number of ether oxygens (including phenoxy) is 1. The molecule has 2 amide bonds. The molecule has 1 aliphatic rings. The summed E-state index contributed by atoms with van der Waals surface area (Å²) in [5.41, 5.74) is 0.978. The van der Waals surface area contributed by atoms with E-state index in [0.717, 1.165) is 24.2 Å². The molecule has 0 saturated carbocycles. The standard InChI is InChI=1S/C20H24N2O4/c1-2-25-17-7-5-15(6-8-17)14-19(23)22-11-9-16(10-12-22)21-20(24)18-4-3-13-26-18/h3-8,13,16H,2,9-12,14H2,1H3,(H,21,24). The van der Waals surface area contributed by atoms with Crippen LogP contribution >= 0.6 is 0 Å². The van der Waals surface area contributed by atoms with Crippen LogP contribution in [0.2, 0.25) is 0 Å². The first kappa shape index (κ1) is 18.0. The lowest BCUT2D eigenvalue weighted by Crippen LogP contribution is -2.46. The third-order valence-electron chi connectivity index (χ3n) is 4.52. The Labute approximate surface area is 153 Å². The fourth-order valence-corrected chi connectivity index (χ4v) is 3.09. The van der Waals surface area contributed by atoms with E-state index in [9.17, 15) is 9.59 Å². The highest BCUT2D eigenvalue weighted by molar-refractivity contribution is 5.91. The predicted octanol–water partition coefficient (Wildman–Crippen LogP) is 2.64. The second-order valence-electron chi connectivity index (χ2n) is 6.36. The van der Waals surface area contributed by atoms with Crippen molar-refractivity contribution in [2.75, 3.05) is 19.7 Å². The Morgan fingerprint density at radius 2 is 1.92 bits per heavy atom. The van der Waals surface area contributed by atoms with Crippen molar-refractivity contribution >= 4 is 11.8 Å². The zero-order valence-electron chi connectivity index (χ0n) is 14.9. The third kappa shape index (κ3) is 4.65. The van der Waals surface area contributed by atoms with Crippen molar-refractivity contribution in [3.63, 3.8) is 0 Å². The van der Waals surface area contributed by atoms with Crippen LogP contribution in [0.4, 0.5) is 0 Å². The van der Waals surface area contributed by atoms with Gasteiger partial charge in [-0.05, 0) is 49.6 Å². The monoisotopic (exact) mass is 356 g/mol. The fraction of sp³-hybridized carbons (Fsp3) is 0.400. The maximum absolute atomic E-state index is 12.5. The van der Waals surface area contributed by atoms with Crippen LogP contribution in [0.25, 0.3) is 0 Å². The van der Waals surface area contributed by atoms with E-state index in [2.05, 4.69) is 5.32 Å². The lowest BCUT2D eigenvalue weighted by molar-refractivity contribution is -0.131. The minimum Gasteiger partial charge on any atom is -0.494 e. The summed E-state index contributed by atoms with van der Waals surface area (Å²) in [7, 11) is 0. The van der Waals surface area contributed by atoms with Crippen LogP contribution in [0.15, 0.2) is 47.1 Å². The molecule has 0 bridgehead atoms. The number of nitrogens with zero attached hydrogens (tertiary/aromatic N) is 1. The Balaban J connectivity index is 1.45. The van der Waals surface area contributed by atoms with Gasteiger partial charge in [0.1, 0.15) is 5.75 Å². The molecule has 1 aromatic carbocycles. The number of hydrogen-bond donors (Lipinski definition) is 1. The molecule has 3 rings (SSSR count). The second kappa shape index (κ2) is 8.56. The molecule has 0 spiro atoms. The molecule has 1 saturated heterocycles. The summed E-state index contributed by atoms with van der Waals surface area (Å²) < 4.78 is 10.5. The van der Waals surface area contributed by atoms with Crippen LogP contribution in [0.3, 0.4) is 0 Å². The number of amides is 2. The molecule has 2 heterocycles. The van der Waals surface area contributed by atoms with Crippen LogP contribution in [0, 0.1) is 0 Å². The zero-order valence-corrected chi connectivity index (χ0v) is 14.9. The van der Waals surface area contributed by atoms with E-state index >= 15 is 0 Å². The molecular formula is C20H24N2O4. The summed E-state index contributed by atoms with van der Waals surface area (Å²) in [6.45, 7) is 3.87. The van der Waals surface area contributed by atoms with Gasteiger partial charge in [-0.2, -0.15) is 0 Å². The molecule has 138 valence electrons.